The maximum absolute atomic E-state index is 12.5. The maximum Gasteiger partial charge on any atom is 0.340 e. The molecule has 0 bridgehead atoms. The van der Waals surface area contributed by atoms with E-state index in [2.05, 4.69) is 10.3 Å². The van der Waals surface area contributed by atoms with Crippen molar-refractivity contribution in [1.29, 1.82) is 0 Å². The molecule has 0 unspecified atom stereocenters. The van der Waals surface area contributed by atoms with Gasteiger partial charge in [-0.15, -0.1) is 0 Å². The van der Waals surface area contributed by atoms with Gasteiger partial charge in [-0.05, 0) is 56.2 Å². The van der Waals surface area contributed by atoms with E-state index in [0.29, 0.717) is 33.2 Å². The lowest BCUT2D eigenvalue weighted by atomic mass is 10.1. The molecule has 0 saturated heterocycles. The highest BCUT2D eigenvalue weighted by molar-refractivity contribution is 6.34. The molecule has 3 rings (SSSR count). The monoisotopic (exact) mass is 412 g/mol. The second-order valence-electron chi connectivity index (χ2n) is 6.74. The molecule has 1 aromatic heterocycles. The van der Waals surface area contributed by atoms with Gasteiger partial charge in [-0.3, -0.25) is 9.78 Å². The average molecular weight is 413 g/mol. The van der Waals surface area contributed by atoms with Crippen LogP contribution in [0.1, 0.15) is 27.2 Å². The summed E-state index contributed by atoms with van der Waals surface area (Å²) in [6.07, 6.45) is 0. The summed E-state index contributed by atoms with van der Waals surface area (Å²) >= 11 is 6.20. The van der Waals surface area contributed by atoms with Crippen molar-refractivity contribution in [2.24, 2.45) is 0 Å². The number of methoxy groups -OCH3 is 1. The van der Waals surface area contributed by atoms with E-state index in [9.17, 15) is 9.59 Å². The summed E-state index contributed by atoms with van der Waals surface area (Å²) in [5.41, 5.74) is 3.86. The molecule has 0 aliphatic heterocycles. The molecule has 2 aromatic carbocycles. The molecule has 0 radical (unpaired) electrons. The second-order valence-corrected chi connectivity index (χ2v) is 7.15. The number of nitrogens with one attached hydrogen (secondary N) is 1. The minimum Gasteiger partial charge on any atom is -0.497 e. The lowest BCUT2D eigenvalue weighted by molar-refractivity contribution is -0.119. The lowest BCUT2D eigenvalue weighted by Gasteiger charge is -2.12. The van der Waals surface area contributed by atoms with E-state index in [1.54, 1.807) is 38.3 Å². The maximum atomic E-state index is 12.5. The van der Waals surface area contributed by atoms with Gasteiger partial charge < -0.3 is 14.8 Å². The minimum absolute atomic E-state index is 0.306. The van der Waals surface area contributed by atoms with E-state index in [4.69, 9.17) is 21.1 Å². The molecule has 0 fully saturated rings. The van der Waals surface area contributed by atoms with Crippen molar-refractivity contribution in [3.63, 3.8) is 0 Å². The molecule has 1 heterocycles. The van der Waals surface area contributed by atoms with Crippen LogP contribution in [0.4, 0.5) is 5.69 Å². The van der Waals surface area contributed by atoms with Crippen LogP contribution in [0.15, 0.2) is 36.4 Å². The number of rotatable bonds is 5. The largest absolute Gasteiger partial charge is 0.497 e. The average Bonchev–Trinajstić information content (AvgIpc) is 2.67. The Hall–Kier alpha value is -3.12. The van der Waals surface area contributed by atoms with Crippen LogP contribution in [0, 0.1) is 20.8 Å². The van der Waals surface area contributed by atoms with Gasteiger partial charge in [-0.1, -0.05) is 17.7 Å². The number of ether oxygens (including phenoxy) is 2. The third-order valence-corrected chi connectivity index (χ3v) is 4.76. The van der Waals surface area contributed by atoms with Gasteiger partial charge in [0.25, 0.3) is 5.91 Å². The molecular weight excluding hydrogens is 392 g/mol. The number of anilines is 1. The van der Waals surface area contributed by atoms with Crippen molar-refractivity contribution in [2.45, 2.75) is 20.8 Å². The van der Waals surface area contributed by atoms with E-state index in [0.717, 1.165) is 16.5 Å². The third-order valence-electron chi connectivity index (χ3n) is 4.47. The van der Waals surface area contributed by atoms with Crippen molar-refractivity contribution < 1.29 is 19.1 Å². The van der Waals surface area contributed by atoms with E-state index < -0.39 is 18.5 Å². The molecule has 6 nitrogen and oxygen atoms in total. The molecule has 29 heavy (non-hydrogen) atoms. The molecular formula is C22H21ClN2O4. The van der Waals surface area contributed by atoms with E-state index >= 15 is 0 Å². The van der Waals surface area contributed by atoms with Crippen LogP contribution in [-0.2, 0) is 9.53 Å². The van der Waals surface area contributed by atoms with Crippen molar-refractivity contribution in [3.05, 3.63) is 63.8 Å². The normalized spacial score (nSPS) is 10.7. The Morgan fingerprint density at radius 1 is 1.10 bits per heavy atom. The lowest BCUT2D eigenvalue weighted by Crippen LogP contribution is -2.22. The van der Waals surface area contributed by atoms with Crippen molar-refractivity contribution in [1.82, 2.24) is 4.98 Å². The first-order valence-electron chi connectivity index (χ1n) is 8.97. The molecule has 0 spiro atoms. The van der Waals surface area contributed by atoms with Gasteiger partial charge in [0.1, 0.15) is 5.75 Å². The molecule has 7 heteroatoms. The molecule has 0 saturated carbocycles. The first-order valence-corrected chi connectivity index (χ1v) is 9.35. The van der Waals surface area contributed by atoms with Gasteiger partial charge in [-0.2, -0.15) is 0 Å². The SMILES string of the molecule is COc1ccc2cc(C(=O)OCC(=O)Nc3c(C)cc(C)cc3Cl)c(C)nc2c1. The number of fused-ring (bicyclic) bond motifs is 1. The summed E-state index contributed by atoms with van der Waals surface area (Å²) in [6, 6.07) is 10.8. The van der Waals surface area contributed by atoms with Crippen molar-refractivity contribution >= 4 is 40.1 Å². The first-order chi connectivity index (χ1) is 13.8. The zero-order valence-electron chi connectivity index (χ0n) is 16.6. The number of aryl methyl sites for hydroxylation is 3. The van der Waals surface area contributed by atoms with Crippen LogP contribution in [0.2, 0.25) is 5.02 Å². The highest BCUT2D eigenvalue weighted by Gasteiger charge is 2.16. The number of aromatic nitrogens is 1. The highest BCUT2D eigenvalue weighted by Crippen LogP contribution is 2.27. The first kappa shape index (κ1) is 20.6. The number of amides is 1. The fraction of sp³-hybridized carbons (Fsp3) is 0.227. The smallest absolute Gasteiger partial charge is 0.340 e. The minimum atomic E-state index is -0.616. The molecule has 0 aliphatic carbocycles. The van der Waals surface area contributed by atoms with E-state index in [-0.39, 0.29) is 0 Å². The standard InChI is InChI=1S/C22H21ClN2O4/c1-12-7-13(2)21(18(23)8-12)25-20(26)11-29-22(27)17-9-15-5-6-16(28-4)10-19(15)24-14(17)3/h5-10H,11H2,1-4H3,(H,25,26). The summed E-state index contributed by atoms with van der Waals surface area (Å²) < 4.78 is 10.4. The summed E-state index contributed by atoms with van der Waals surface area (Å²) in [5.74, 6) is -0.403. The molecule has 0 atom stereocenters. The number of hydrogen-bond acceptors (Lipinski definition) is 5. The Labute approximate surface area is 173 Å². The Kier molecular flexibility index (Phi) is 6.03. The van der Waals surface area contributed by atoms with Crippen LogP contribution in [0.5, 0.6) is 5.75 Å². The predicted octanol–water partition coefficient (Wildman–Crippen LogP) is 4.62. The Bertz CT molecular complexity index is 1090. The number of carbonyl (C=O) groups excluding carboxylic acids is 2. The second kappa shape index (κ2) is 8.49. The van der Waals surface area contributed by atoms with Gasteiger partial charge in [0.2, 0.25) is 0 Å². The fourth-order valence-electron chi connectivity index (χ4n) is 3.04. The molecule has 1 N–H and O–H groups in total. The van der Waals surface area contributed by atoms with Gasteiger partial charge in [-0.25, -0.2) is 4.79 Å². The number of benzene rings is 2. The fourth-order valence-corrected chi connectivity index (χ4v) is 3.40. The Morgan fingerprint density at radius 3 is 2.55 bits per heavy atom. The van der Waals surface area contributed by atoms with Gasteiger partial charge in [0.15, 0.2) is 6.61 Å². The third kappa shape index (κ3) is 4.66. The number of pyridine rings is 1. The number of hydrogen-bond donors (Lipinski definition) is 1. The predicted molar refractivity (Wildman–Crippen MR) is 113 cm³/mol. The van der Waals surface area contributed by atoms with Gasteiger partial charge in [0.05, 0.1) is 34.6 Å². The topological polar surface area (TPSA) is 77.5 Å². The van der Waals surface area contributed by atoms with Crippen molar-refractivity contribution in [3.8, 4) is 5.75 Å². The molecule has 0 aliphatic rings. The summed E-state index contributed by atoms with van der Waals surface area (Å²) in [7, 11) is 1.58. The van der Waals surface area contributed by atoms with Crippen LogP contribution in [0.3, 0.4) is 0 Å². The summed E-state index contributed by atoms with van der Waals surface area (Å²) in [5, 5.41) is 3.90. The zero-order chi connectivity index (χ0) is 21.1. The number of carbonyl (C=O) groups is 2. The van der Waals surface area contributed by atoms with Crippen LogP contribution >= 0.6 is 11.6 Å². The number of esters is 1. The van der Waals surface area contributed by atoms with Gasteiger partial charge in [0, 0.05) is 11.5 Å². The summed E-state index contributed by atoms with van der Waals surface area (Å²) in [6.45, 7) is 5.05. The Morgan fingerprint density at radius 2 is 1.86 bits per heavy atom. The number of nitrogens with zero attached hydrogens (tertiary/aromatic N) is 1. The quantitative estimate of drug-likeness (QED) is 0.619. The highest BCUT2D eigenvalue weighted by atomic mass is 35.5. The van der Waals surface area contributed by atoms with Gasteiger partial charge >= 0.3 is 5.97 Å². The van der Waals surface area contributed by atoms with Crippen molar-refractivity contribution in [2.75, 3.05) is 19.0 Å². The van der Waals surface area contributed by atoms with E-state index in [1.165, 1.54) is 0 Å². The van der Waals surface area contributed by atoms with Crippen LogP contribution in [0.25, 0.3) is 10.9 Å². The zero-order valence-corrected chi connectivity index (χ0v) is 17.4. The molecule has 150 valence electrons. The molecule has 1 amide bonds. The van der Waals surface area contributed by atoms with E-state index in [1.807, 2.05) is 26.0 Å². The Balaban J connectivity index is 1.70. The van der Waals surface area contributed by atoms with Crippen LogP contribution in [-0.4, -0.2) is 30.6 Å². The summed E-state index contributed by atoms with van der Waals surface area (Å²) in [4.78, 5) is 29.1. The number of halogens is 1. The van der Waals surface area contributed by atoms with Crippen LogP contribution < -0.4 is 10.1 Å². The molecule has 3 aromatic rings.